The Bertz CT molecular complexity index is 1240. The van der Waals surface area contributed by atoms with Gasteiger partial charge in [0.1, 0.15) is 24.6 Å². The second-order valence-corrected chi connectivity index (χ2v) is 8.52. The number of benzene rings is 1. The molecule has 8 heteroatoms. The van der Waals surface area contributed by atoms with Crippen LogP contribution in [-0.4, -0.2) is 54.2 Å². The van der Waals surface area contributed by atoms with Crippen molar-refractivity contribution in [1.29, 1.82) is 0 Å². The van der Waals surface area contributed by atoms with Gasteiger partial charge in [-0.25, -0.2) is 9.78 Å². The molecule has 0 N–H and O–H groups in total. The van der Waals surface area contributed by atoms with Crippen molar-refractivity contribution in [3.05, 3.63) is 65.1 Å². The van der Waals surface area contributed by atoms with Crippen LogP contribution in [0.2, 0.25) is 0 Å². The zero-order chi connectivity index (χ0) is 23.7. The Morgan fingerprint density at radius 1 is 1.00 bits per heavy atom. The van der Waals surface area contributed by atoms with E-state index in [1.54, 1.807) is 18.3 Å². The lowest BCUT2D eigenvalue weighted by atomic mass is 10.1. The molecule has 34 heavy (non-hydrogen) atoms. The third kappa shape index (κ3) is 4.11. The van der Waals surface area contributed by atoms with Crippen molar-refractivity contribution >= 4 is 17.6 Å². The number of hydrogen-bond donors (Lipinski definition) is 0. The fraction of sp³-hybridized carbons (Fsp3) is 0.346. The number of aryl methyl sites for hydroxylation is 1. The van der Waals surface area contributed by atoms with E-state index in [9.17, 15) is 9.59 Å². The number of anilines is 1. The first-order valence-corrected chi connectivity index (χ1v) is 11.5. The number of carbonyl (C=O) groups is 2. The highest BCUT2D eigenvalue weighted by atomic mass is 16.6. The van der Waals surface area contributed by atoms with E-state index in [2.05, 4.69) is 9.88 Å². The molecule has 5 rings (SSSR count). The zero-order valence-corrected chi connectivity index (χ0v) is 19.4. The van der Waals surface area contributed by atoms with E-state index in [0.717, 1.165) is 43.0 Å². The predicted molar refractivity (Wildman–Crippen MR) is 127 cm³/mol. The fourth-order valence-corrected chi connectivity index (χ4v) is 4.64. The van der Waals surface area contributed by atoms with Gasteiger partial charge in [0.25, 0.3) is 0 Å². The molecule has 0 saturated carbocycles. The molecule has 0 atom stereocenters. The molecular weight excluding hydrogens is 434 g/mol. The number of Topliss-reactive ketones (excluding diaryl/α,β-unsaturated/α-hetero) is 1. The molecule has 2 aromatic heterocycles. The number of pyridine rings is 1. The Labute approximate surface area is 198 Å². The summed E-state index contributed by atoms with van der Waals surface area (Å²) in [4.78, 5) is 32.3. The summed E-state index contributed by atoms with van der Waals surface area (Å²) < 4.78 is 18.7. The minimum Gasteiger partial charge on any atom is -0.486 e. The molecule has 0 aliphatic carbocycles. The highest BCUT2D eigenvalue weighted by Gasteiger charge is 2.24. The van der Waals surface area contributed by atoms with Crippen molar-refractivity contribution in [2.45, 2.75) is 26.7 Å². The van der Waals surface area contributed by atoms with E-state index < -0.39 is 5.97 Å². The summed E-state index contributed by atoms with van der Waals surface area (Å²) in [6.45, 7) is 6.24. The SMILES string of the molecule is Cc1cc(C(=O)COC(=O)c2cccnc2N2CCCC2)c(C)n1-c1ccc2c(c1)OCCO2. The van der Waals surface area contributed by atoms with Crippen LogP contribution >= 0.6 is 0 Å². The normalized spacial score (nSPS) is 14.8. The van der Waals surface area contributed by atoms with Gasteiger partial charge in [0.05, 0.1) is 0 Å². The van der Waals surface area contributed by atoms with Crippen LogP contribution in [0.15, 0.2) is 42.6 Å². The van der Waals surface area contributed by atoms with Crippen LogP contribution in [0, 0.1) is 13.8 Å². The number of hydrogen-bond acceptors (Lipinski definition) is 7. The maximum Gasteiger partial charge on any atom is 0.342 e. The molecule has 4 heterocycles. The van der Waals surface area contributed by atoms with E-state index in [-0.39, 0.29) is 12.4 Å². The average molecular weight is 462 g/mol. The van der Waals surface area contributed by atoms with Crippen molar-refractivity contribution < 1.29 is 23.8 Å². The number of aromatic nitrogens is 2. The zero-order valence-electron chi connectivity index (χ0n) is 19.4. The topological polar surface area (TPSA) is 82.9 Å². The van der Waals surface area contributed by atoms with Gasteiger partial charge in [-0.2, -0.15) is 0 Å². The second kappa shape index (κ2) is 9.21. The third-order valence-electron chi connectivity index (χ3n) is 6.26. The first kappa shape index (κ1) is 22.0. The van der Waals surface area contributed by atoms with Crippen LogP contribution in [0.5, 0.6) is 11.5 Å². The number of esters is 1. The molecule has 1 fully saturated rings. The summed E-state index contributed by atoms with van der Waals surface area (Å²) in [5.41, 5.74) is 3.45. The van der Waals surface area contributed by atoms with Crippen molar-refractivity contribution in [2.75, 3.05) is 37.8 Å². The van der Waals surface area contributed by atoms with E-state index in [1.807, 2.05) is 42.7 Å². The summed E-state index contributed by atoms with van der Waals surface area (Å²) in [5.74, 6) is 1.22. The van der Waals surface area contributed by atoms with Crippen LogP contribution in [-0.2, 0) is 4.74 Å². The summed E-state index contributed by atoms with van der Waals surface area (Å²) in [6.07, 6.45) is 3.81. The summed E-state index contributed by atoms with van der Waals surface area (Å²) in [7, 11) is 0. The fourth-order valence-electron chi connectivity index (χ4n) is 4.64. The van der Waals surface area contributed by atoms with Gasteiger partial charge in [-0.05, 0) is 57.0 Å². The lowest BCUT2D eigenvalue weighted by Crippen LogP contribution is -2.23. The largest absolute Gasteiger partial charge is 0.486 e. The first-order valence-electron chi connectivity index (χ1n) is 11.5. The molecule has 1 saturated heterocycles. The number of ketones is 1. The molecule has 176 valence electrons. The monoisotopic (exact) mass is 461 g/mol. The average Bonchev–Trinajstić information content (AvgIpc) is 3.50. The molecule has 2 aliphatic heterocycles. The van der Waals surface area contributed by atoms with Crippen molar-refractivity contribution in [2.24, 2.45) is 0 Å². The molecule has 2 aliphatic rings. The van der Waals surface area contributed by atoms with Crippen molar-refractivity contribution in [3.63, 3.8) is 0 Å². The van der Waals surface area contributed by atoms with Gasteiger partial charge in [0, 0.05) is 48.0 Å². The molecule has 8 nitrogen and oxygen atoms in total. The molecule has 0 bridgehead atoms. The predicted octanol–water partition coefficient (Wildman–Crippen LogP) is 3.90. The smallest absolute Gasteiger partial charge is 0.342 e. The summed E-state index contributed by atoms with van der Waals surface area (Å²) >= 11 is 0. The third-order valence-corrected chi connectivity index (χ3v) is 6.26. The van der Waals surface area contributed by atoms with Crippen LogP contribution in [0.1, 0.15) is 44.9 Å². The number of ether oxygens (including phenoxy) is 3. The molecule has 0 unspecified atom stereocenters. The van der Waals surface area contributed by atoms with E-state index in [0.29, 0.717) is 41.7 Å². The number of carbonyl (C=O) groups excluding carboxylic acids is 2. The van der Waals surface area contributed by atoms with Crippen LogP contribution in [0.3, 0.4) is 0 Å². The van der Waals surface area contributed by atoms with Crippen molar-refractivity contribution in [3.8, 4) is 17.2 Å². The molecule has 1 aromatic carbocycles. The van der Waals surface area contributed by atoms with Crippen LogP contribution < -0.4 is 14.4 Å². The van der Waals surface area contributed by atoms with Crippen molar-refractivity contribution in [1.82, 2.24) is 9.55 Å². The minimum atomic E-state index is -0.538. The lowest BCUT2D eigenvalue weighted by Gasteiger charge is -2.20. The number of rotatable bonds is 6. The standard InChI is InChI=1S/C26H27N3O5/c1-17-14-21(18(2)29(17)19-7-8-23-24(15-19)33-13-12-32-23)22(30)16-34-26(31)20-6-5-9-27-25(20)28-10-3-4-11-28/h5-9,14-15H,3-4,10-13,16H2,1-2H3. The second-order valence-electron chi connectivity index (χ2n) is 8.52. The van der Waals surface area contributed by atoms with Crippen LogP contribution in [0.4, 0.5) is 5.82 Å². The number of nitrogens with zero attached hydrogens (tertiary/aromatic N) is 3. The Balaban J connectivity index is 1.32. The van der Waals surface area contributed by atoms with Gasteiger partial charge >= 0.3 is 5.97 Å². The van der Waals surface area contributed by atoms with Gasteiger partial charge in [-0.1, -0.05) is 0 Å². The lowest BCUT2D eigenvalue weighted by molar-refractivity contribution is 0.0475. The van der Waals surface area contributed by atoms with Gasteiger partial charge in [0.2, 0.25) is 5.78 Å². The van der Waals surface area contributed by atoms with E-state index >= 15 is 0 Å². The minimum absolute atomic E-state index is 0.253. The van der Waals surface area contributed by atoms with Gasteiger partial charge < -0.3 is 23.7 Å². The van der Waals surface area contributed by atoms with E-state index in [4.69, 9.17) is 14.2 Å². The quantitative estimate of drug-likeness (QED) is 0.407. The first-order chi connectivity index (χ1) is 16.5. The number of fused-ring (bicyclic) bond motifs is 1. The summed E-state index contributed by atoms with van der Waals surface area (Å²) in [5, 5.41) is 0. The molecule has 0 amide bonds. The molecule has 3 aromatic rings. The highest BCUT2D eigenvalue weighted by molar-refractivity contribution is 6.01. The van der Waals surface area contributed by atoms with Gasteiger partial charge in [-0.3, -0.25) is 4.79 Å². The Morgan fingerprint density at radius 3 is 2.56 bits per heavy atom. The molecule has 0 radical (unpaired) electrons. The molecular formula is C26H27N3O5. The Hall–Kier alpha value is -3.81. The highest BCUT2D eigenvalue weighted by Crippen LogP contribution is 2.33. The Morgan fingerprint density at radius 2 is 1.76 bits per heavy atom. The van der Waals surface area contributed by atoms with E-state index in [1.165, 1.54) is 0 Å². The maximum absolute atomic E-state index is 13.0. The maximum atomic E-state index is 13.0. The van der Waals surface area contributed by atoms with Gasteiger partial charge in [0.15, 0.2) is 18.1 Å². The Kier molecular flexibility index (Phi) is 5.96. The van der Waals surface area contributed by atoms with Crippen LogP contribution in [0.25, 0.3) is 5.69 Å². The molecule has 0 spiro atoms. The summed E-state index contributed by atoms with van der Waals surface area (Å²) in [6, 6.07) is 10.9. The van der Waals surface area contributed by atoms with Gasteiger partial charge in [-0.15, -0.1) is 0 Å².